The van der Waals surface area contributed by atoms with Crippen molar-refractivity contribution in [1.29, 1.82) is 0 Å². The van der Waals surface area contributed by atoms with E-state index in [1.807, 2.05) is 23.9 Å². The molecule has 2 rings (SSSR count). The summed E-state index contributed by atoms with van der Waals surface area (Å²) >= 11 is 3.11. The first kappa shape index (κ1) is 13.8. The van der Waals surface area contributed by atoms with Crippen LogP contribution in [0, 0.1) is 0 Å². The average Bonchev–Trinajstić information content (AvgIpc) is 2.98. The van der Waals surface area contributed by atoms with Crippen molar-refractivity contribution in [2.45, 2.75) is 54.2 Å². The molecule has 2 nitrogen and oxygen atoms in total. The molecule has 0 saturated heterocycles. The summed E-state index contributed by atoms with van der Waals surface area (Å²) in [6, 6.07) is 8.62. The molecule has 1 N–H and O–H groups in total. The number of hydrogen-bond donors (Lipinski definition) is 1. The van der Waals surface area contributed by atoms with Crippen molar-refractivity contribution in [2.24, 2.45) is 0 Å². The van der Waals surface area contributed by atoms with Crippen LogP contribution in [0.25, 0.3) is 0 Å². The third-order valence-corrected chi connectivity index (χ3v) is 4.23. The maximum atomic E-state index is 11.7. The van der Waals surface area contributed by atoms with Gasteiger partial charge in [0.1, 0.15) is 0 Å². The van der Waals surface area contributed by atoms with Crippen LogP contribution in [0.1, 0.15) is 33.6 Å². The van der Waals surface area contributed by atoms with E-state index in [0.717, 1.165) is 17.7 Å². The Hall–Kier alpha value is -0.610. The number of hydrogen-bond acceptors (Lipinski definition) is 3. The number of carbonyl (C=O) groups excluding carboxylic acids is 1. The molecule has 18 heavy (non-hydrogen) atoms. The second-order valence-corrected chi connectivity index (χ2v) is 8.44. The lowest BCUT2D eigenvalue weighted by Gasteiger charge is -2.17. The molecule has 1 aliphatic rings. The normalized spacial score (nSPS) is 15.5. The lowest BCUT2D eigenvalue weighted by atomic mass is 10.3. The Morgan fingerprint density at radius 2 is 1.94 bits per heavy atom. The van der Waals surface area contributed by atoms with Gasteiger partial charge in [-0.1, -0.05) is 26.8 Å². The van der Waals surface area contributed by atoms with Crippen molar-refractivity contribution in [1.82, 2.24) is 5.32 Å². The molecule has 1 amide bonds. The minimum absolute atomic E-state index is 0.0652. The first-order valence-electron chi connectivity index (χ1n) is 6.20. The van der Waals surface area contributed by atoms with E-state index < -0.39 is 0 Å². The van der Waals surface area contributed by atoms with Gasteiger partial charge < -0.3 is 5.32 Å². The van der Waals surface area contributed by atoms with Crippen LogP contribution in [-0.4, -0.2) is 16.0 Å². The van der Waals surface area contributed by atoms with Crippen LogP contribution >= 0.6 is 23.5 Å². The van der Waals surface area contributed by atoms with Gasteiger partial charge in [-0.2, -0.15) is 0 Å². The Morgan fingerprint density at radius 3 is 2.56 bits per heavy atom. The standard InChI is InChI=1S/C14H19NOS2/c1-14(2,3)18-12-6-4-5-11(9-12)17-13(16)15-10-7-8-10/h4-6,9-10H,7-8H2,1-3H3,(H,15,16). The highest BCUT2D eigenvalue weighted by atomic mass is 32.2. The van der Waals surface area contributed by atoms with E-state index >= 15 is 0 Å². The summed E-state index contributed by atoms with van der Waals surface area (Å²) in [6.45, 7) is 6.58. The van der Waals surface area contributed by atoms with Crippen LogP contribution in [-0.2, 0) is 0 Å². The van der Waals surface area contributed by atoms with Gasteiger partial charge in [0, 0.05) is 20.6 Å². The number of rotatable bonds is 3. The highest BCUT2D eigenvalue weighted by Crippen LogP contribution is 2.34. The molecule has 0 radical (unpaired) electrons. The van der Waals surface area contributed by atoms with Gasteiger partial charge in [-0.25, -0.2) is 0 Å². The van der Waals surface area contributed by atoms with Gasteiger partial charge in [-0.3, -0.25) is 4.79 Å². The molecule has 0 unspecified atom stereocenters. The summed E-state index contributed by atoms with van der Waals surface area (Å²) < 4.78 is 0.194. The summed E-state index contributed by atoms with van der Waals surface area (Å²) in [7, 11) is 0. The minimum atomic E-state index is 0.0652. The van der Waals surface area contributed by atoms with E-state index in [1.54, 1.807) is 0 Å². The van der Waals surface area contributed by atoms with Gasteiger partial charge in [0.05, 0.1) is 0 Å². The zero-order valence-corrected chi connectivity index (χ0v) is 12.7. The molecule has 0 aliphatic heterocycles. The topological polar surface area (TPSA) is 29.1 Å². The Balaban J connectivity index is 1.95. The molecule has 1 aliphatic carbocycles. The lowest BCUT2D eigenvalue weighted by molar-refractivity contribution is 0.260. The van der Waals surface area contributed by atoms with Gasteiger partial charge >= 0.3 is 0 Å². The predicted octanol–water partition coefficient (Wildman–Crippen LogP) is 4.54. The zero-order chi connectivity index (χ0) is 13.2. The van der Waals surface area contributed by atoms with E-state index in [9.17, 15) is 4.79 Å². The molecule has 1 aromatic rings. The number of nitrogens with one attached hydrogen (secondary N) is 1. The number of thioether (sulfide) groups is 2. The second kappa shape index (κ2) is 5.57. The van der Waals surface area contributed by atoms with Crippen molar-refractivity contribution in [2.75, 3.05) is 0 Å². The first-order valence-corrected chi connectivity index (χ1v) is 7.83. The van der Waals surface area contributed by atoms with Gasteiger partial charge in [0.2, 0.25) is 0 Å². The van der Waals surface area contributed by atoms with Crippen LogP contribution in [0.2, 0.25) is 0 Å². The van der Waals surface area contributed by atoms with Gasteiger partial charge in [0.15, 0.2) is 0 Å². The minimum Gasteiger partial charge on any atom is -0.344 e. The molecule has 0 bridgehead atoms. The van der Waals surface area contributed by atoms with Crippen LogP contribution in [0.3, 0.4) is 0 Å². The second-order valence-electron chi connectivity index (χ2n) is 5.50. The van der Waals surface area contributed by atoms with E-state index in [2.05, 4.69) is 38.2 Å². The van der Waals surface area contributed by atoms with E-state index in [-0.39, 0.29) is 9.99 Å². The molecule has 1 aromatic carbocycles. The summed E-state index contributed by atoms with van der Waals surface area (Å²) in [6.07, 6.45) is 2.26. The fourth-order valence-corrected chi connectivity index (χ4v) is 3.37. The Labute approximate surface area is 117 Å². The van der Waals surface area contributed by atoms with Crippen LogP contribution in [0.4, 0.5) is 4.79 Å². The Morgan fingerprint density at radius 1 is 1.28 bits per heavy atom. The third-order valence-electron chi connectivity index (χ3n) is 2.34. The Kier molecular flexibility index (Phi) is 4.28. The van der Waals surface area contributed by atoms with Crippen molar-refractivity contribution < 1.29 is 4.79 Å². The molecule has 0 atom stereocenters. The number of amides is 1. The molecule has 0 heterocycles. The molecule has 1 fully saturated rings. The summed E-state index contributed by atoms with van der Waals surface area (Å²) in [5, 5.41) is 3.05. The van der Waals surface area contributed by atoms with E-state index in [0.29, 0.717) is 6.04 Å². The van der Waals surface area contributed by atoms with Gasteiger partial charge in [0.25, 0.3) is 5.24 Å². The van der Waals surface area contributed by atoms with Crippen molar-refractivity contribution in [3.63, 3.8) is 0 Å². The van der Waals surface area contributed by atoms with Gasteiger partial charge in [-0.05, 0) is 42.8 Å². The molecular formula is C14H19NOS2. The summed E-state index contributed by atoms with van der Waals surface area (Å²) in [5.74, 6) is 0. The molecule has 1 saturated carbocycles. The Bertz CT molecular complexity index is 436. The van der Waals surface area contributed by atoms with Crippen molar-refractivity contribution in [3.8, 4) is 0 Å². The fourth-order valence-electron chi connectivity index (χ4n) is 1.49. The highest BCUT2D eigenvalue weighted by molar-refractivity contribution is 8.13. The SMILES string of the molecule is CC(C)(C)Sc1cccc(SC(=O)NC2CC2)c1. The smallest absolute Gasteiger partial charge is 0.284 e. The molecule has 0 spiro atoms. The monoisotopic (exact) mass is 281 g/mol. The van der Waals surface area contributed by atoms with E-state index in [1.165, 1.54) is 16.7 Å². The molecule has 98 valence electrons. The van der Waals surface area contributed by atoms with E-state index in [4.69, 9.17) is 0 Å². The maximum absolute atomic E-state index is 11.7. The van der Waals surface area contributed by atoms with Gasteiger partial charge in [-0.15, -0.1) is 11.8 Å². The third kappa shape index (κ3) is 4.94. The fraction of sp³-hybridized carbons (Fsp3) is 0.500. The number of benzene rings is 1. The molecule has 0 aromatic heterocycles. The quantitative estimate of drug-likeness (QED) is 0.825. The van der Waals surface area contributed by atoms with Crippen LogP contribution < -0.4 is 5.32 Å². The number of carbonyl (C=O) groups is 1. The predicted molar refractivity (Wildman–Crippen MR) is 79.5 cm³/mol. The summed E-state index contributed by atoms with van der Waals surface area (Å²) in [5.41, 5.74) is 0. The van der Waals surface area contributed by atoms with Crippen molar-refractivity contribution >= 4 is 28.8 Å². The van der Waals surface area contributed by atoms with Crippen LogP contribution in [0.15, 0.2) is 34.1 Å². The van der Waals surface area contributed by atoms with Crippen molar-refractivity contribution in [3.05, 3.63) is 24.3 Å². The largest absolute Gasteiger partial charge is 0.344 e. The highest BCUT2D eigenvalue weighted by Gasteiger charge is 2.23. The van der Waals surface area contributed by atoms with Crippen LogP contribution in [0.5, 0.6) is 0 Å². The summed E-state index contributed by atoms with van der Waals surface area (Å²) in [4.78, 5) is 13.9. The molecule has 4 heteroatoms. The lowest BCUT2D eigenvalue weighted by Crippen LogP contribution is -2.20. The average molecular weight is 281 g/mol. The maximum Gasteiger partial charge on any atom is 0.284 e. The first-order chi connectivity index (χ1) is 8.42. The zero-order valence-electron chi connectivity index (χ0n) is 11.0. The molecular weight excluding hydrogens is 262 g/mol.